The van der Waals surface area contributed by atoms with E-state index in [1.165, 1.54) is 4.90 Å². The molecule has 0 saturated heterocycles. The van der Waals surface area contributed by atoms with Crippen molar-refractivity contribution < 1.29 is 0 Å². The van der Waals surface area contributed by atoms with E-state index in [4.69, 9.17) is 11.6 Å². The van der Waals surface area contributed by atoms with Crippen molar-refractivity contribution in [2.24, 2.45) is 0 Å². The minimum atomic E-state index is 0.806. The van der Waals surface area contributed by atoms with Crippen LogP contribution in [0.4, 0.5) is 0 Å². The second-order valence-electron chi connectivity index (χ2n) is 2.34. The van der Waals surface area contributed by atoms with E-state index in [-0.39, 0.29) is 0 Å². The fraction of sp³-hybridized carbons (Fsp3) is 0.200. The number of halogens is 1. The van der Waals surface area contributed by atoms with Crippen molar-refractivity contribution in [2.45, 2.75) is 11.8 Å². The third kappa shape index (κ3) is 3.33. The van der Waals surface area contributed by atoms with Crippen LogP contribution in [0.3, 0.4) is 0 Å². The lowest BCUT2D eigenvalue weighted by molar-refractivity contribution is 1.46. The molecular weight excluding hydrogens is 188 g/mol. The molecule has 2 heteroatoms. The number of hydrogen-bond donors (Lipinski definition) is 0. The molecule has 0 aliphatic carbocycles. The summed E-state index contributed by atoms with van der Waals surface area (Å²) in [5, 5.41) is 0.806. The van der Waals surface area contributed by atoms with Crippen molar-refractivity contribution in [1.29, 1.82) is 0 Å². The molecule has 0 fully saturated rings. The molecule has 0 radical (unpaired) electrons. The van der Waals surface area contributed by atoms with Gasteiger partial charge in [-0.3, -0.25) is 0 Å². The van der Waals surface area contributed by atoms with E-state index < -0.39 is 0 Å². The van der Waals surface area contributed by atoms with Gasteiger partial charge in [0.25, 0.3) is 0 Å². The summed E-state index contributed by atoms with van der Waals surface area (Å²) < 4.78 is 0. The Labute approximate surface area is 82.6 Å². The zero-order valence-corrected chi connectivity index (χ0v) is 8.53. The molecular formula is C10H11ClS. The number of thioether (sulfide) groups is 1. The van der Waals surface area contributed by atoms with Crippen LogP contribution >= 0.6 is 23.4 Å². The lowest BCUT2D eigenvalue weighted by Crippen LogP contribution is -1.73. The average molecular weight is 199 g/mol. The lowest BCUT2D eigenvalue weighted by atomic mass is 10.4. The average Bonchev–Trinajstić information content (AvgIpc) is 2.05. The van der Waals surface area contributed by atoms with Crippen LogP contribution in [0, 0.1) is 0 Å². The summed E-state index contributed by atoms with van der Waals surface area (Å²) in [4.78, 5) is 1.22. The minimum Gasteiger partial charge on any atom is -0.122 e. The van der Waals surface area contributed by atoms with Crippen molar-refractivity contribution in [3.63, 3.8) is 0 Å². The van der Waals surface area contributed by atoms with Gasteiger partial charge in [-0.25, -0.2) is 0 Å². The predicted molar refractivity (Wildman–Crippen MR) is 57.0 cm³/mol. The van der Waals surface area contributed by atoms with Gasteiger partial charge in [-0.1, -0.05) is 29.8 Å². The van der Waals surface area contributed by atoms with E-state index in [2.05, 4.69) is 18.2 Å². The summed E-state index contributed by atoms with van der Waals surface area (Å²) in [6.45, 7) is 2.03. The molecule has 0 aliphatic rings. The molecule has 0 nitrogen and oxygen atoms in total. The Balaban J connectivity index is 2.52. The van der Waals surface area contributed by atoms with E-state index in [9.17, 15) is 0 Å². The Kier molecular flexibility index (Phi) is 4.26. The molecule has 0 aliphatic heterocycles. The Bertz CT molecular complexity index is 268. The van der Waals surface area contributed by atoms with Crippen molar-refractivity contribution in [3.05, 3.63) is 41.4 Å². The van der Waals surface area contributed by atoms with Gasteiger partial charge < -0.3 is 0 Å². The first-order chi connectivity index (χ1) is 5.83. The van der Waals surface area contributed by atoms with Crippen LogP contribution in [-0.2, 0) is 0 Å². The fourth-order valence-corrected chi connectivity index (χ4v) is 1.92. The molecule has 0 bridgehead atoms. The van der Waals surface area contributed by atoms with E-state index in [0.717, 1.165) is 10.8 Å². The largest absolute Gasteiger partial charge is 0.122 e. The maximum Gasteiger partial charge on any atom is 0.0417 e. The smallest absolute Gasteiger partial charge is 0.0417 e. The molecule has 0 spiro atoms. The molecule has 12 heavy (non-hydrogen) atoms. The molecule has 0 aromatic heterocycles. The van der Waals surface area contributed by atoms with Gasteiger partial charge in [0.2, 0.25) is 0 Å². The SMILES string of the molecule is C/C=C/CSc1cccc(Cl)c1. The van der Waals surface area contributed by atoms with Crippen LogP contribution < -0.4 is 0 Å². The van der Waals surface area contributed by atoms with Gasteiger partial charge in [-0.15, -0.1) is 11.8 Å². The molecule has 0 atom stereocenters. The summed E-state index contributed by atoms with van der Waals surface area (Å²) in [6.07, 6.45) is 4.18. The van der Waals surface area contributed by atoms with Gasteiger partial charge in [0, 0.05) is 15.7 Å². The van der Waals surface area contributed by atoms with Gasteiger partial charge in [0.15, 0.2) is 0 Å². The zero-order valence-electron chi connectivity index (χ0n) is 6.96. The van der Waals surface area contributed by atoms with Crippen molar-refractivity contribution in [1.82, 2.24) is 0 Å². The minimum absolute atomic E-state index is 0.806. The summed E-state index contributed by atoms with van der Waals surface area (Å²) in [5.74, 6) is 1.01. The monoisotopic (exact) mass is 198 g/mol. The molecule has 0 unspecified atom stereocenters. The first kappa shape index (κ1) is 9.69. The molecule has 0 amide bonds. The van der Waals surface area contributed by atoms with Gasteiger partial charge in [-0.05, 0) is 25.1 Å². The van der Waals surface area contributed by atoms with Gasteiger partial charge in [0.05, 0.1) is 0 Å². The highest BCUT2D eigenvalue weighted by Crippen LogP contribution is 2.21. The van der Waals surface area contributed by atoms with Crippen LogP contribution in [-0.4, -0.2) is 5.75 Å². The second kappa shape index (κ2) is 5.28. The third-order valence-corrected chi connectivity index (χ3v) is 2.56. The lowest BCUT2D eigenvalue weighted by Gasteiger charge is -1.97. The van der Waals surface area contributed by atoms with E-state index in [0.29, 0.717) is 0 Å². The fourth-order valence-electron chi connectivity index (χ4n) is 0.797. The molecule has 1 rings (SSSR count). The first-order valence-electron chi connectivity index (χ1n) is 3.82. The van der Waals surface area contributed by atoms with Gasteiger partial charge in [-0.2, -0.15) is 0 Å². The first-order valence-corrected chi connectivity index (χ1v) is 5.19. The Hall–Kier alpha value is -0.400. The van der Waals surface area contributed by atoms with Crippen LogP contribution in [0.1, 0.15) is 6.92 Å². The predicted octanol–water partition coefficient (Wildman–Crippen LogP) is 4.01. The molecule has 1 aromatic rings. The number of benzene rings is 1. The van der Waals surface area contributed by atoms with Crippen molar-refractivity contribution in [2.75, 3.05) is 5.75 Å². The maximum absolute atomic E-state index is 5.83. The molecule has 64 valence electrons. The standard InChI is InChI=1S/C10H11ClS/c1-2-3-7-12-10-6-4-5-9(11)8-10/h2-6,8H,7H2,1H3/b3-2+. The Morgan fingerprint density at radius 3 is 3.00 bits per heavy atom. The van der Waals surface area contributed by atoms with Crippen LogP contribution in [0.5, 0.6) is 0 Å². The Morgan fingerprint density at radius 2 is 2.33 bits per heavy atom. The van der Waals surface area contributed by atoms with E-state index in [1.807, 2.05) is 25.1 Å². The highest BCUT2D eigenvalue weighted by molar-refractivity contribution is 7.99. The number of hydrogen-bond acceptors (Lipinski definition) is 1. The van der Waals surface area contributed by atoms with E-state index in [1.54, 1.807) is 11.8 Å². The van der Waals surface area contributed by atoms with Gasteiger partial charge in [0.1, 0.15) is 0 Å². The molecule has 0 N–H and O–H groups in total. The van der Waals surface area contributed by atoms with Crippen molar-refractivity contribution in [3.8, 4) is 0 Å². The topological polar surface area (TPSA) is 0 Å². The highest BCUT2D eigenvalue weighted by atomic mass is 35.5. The molecule has 0 saturated carbocycles. The molecule has 0 heterocycles. The normalized spacial score (nSPS) is 10.8. The summed E-state index contributed by atoms with van der Waals surface area (Å²) >= 11 is 7.61. The number of allylic oxidation sites excluding steroid dienone is 1. The third-order valence-electron chi connectivity index (χ3n) is 1.38. The molecule has 1 aromatic carbocycles. The van der Waals surface area contributed by atoms with Crippen LogP contribution in [0.2, 0.25) is 5.02 Å². The zero-order chi connectivity index (χ0) is 8.81. The van der Waals surface area contributed by atoms with Crippen molar-refractivity contribution >= 4 is 23.4 Å². The summed E-state index contributed by atoms with van der Waals surface area (Å²) in [7, 11) is 0. The Morgan fingerprint density at radius 1 is 1.50 bits per heavy atom. The summed E-state index contributed by atoms with van der Waals surface area (Å²) in [5.41, 5.74) is 0. The maximum atomic E-state index is 5.83. The second-order valence-corrected chi connectivity index (χ2v) is 3.87. The van der Waals surface area contributed by atoms with Crippen LogP contribution in [0.15, 0.2) is 41.3 Å². The number of rotatable bonds is 3. The van der Waals surface area contributed by atoms with Gasteiger partial charge >= 0.3 is 0 Å². The van der Waals surface area contributed by atoms with Crippen LogP contribution in [0.25, 0.3) is 0 Å². The highest BCUT2D eigenvalue weighted by Gasteiger charge is 1.91. The van der Waals surface area contributed by atoms with E-state index >= 15 is 0 Å². The summed E-state index contributed by atoms with van der Waals surface area (Å²) in [6, 6.07) is 7.91. The quantitative estimate of drug-likeness (QED) is 0.523.